The number of methoxy groups -OCH3 is 1. The van der Waals surface area contributed by atoms with E-state index in [1.165, 1.54) is 7.11 Å². The maximum absolute atomic E-state index is 12.9. The van der Waals surface area contributed by atoms with Crippen LogP contribution < -0.4 is 19.7 Å². The lowest BCUT2D eigenvalue weighted by molar-refractivity contribution is -0.118. The molecular formula is C26H21ClN2O5S. The van der Waals surface area contributed by atoms with Crippen molar-refractivity contribution >= 4 is 57.9 Å². The van der Waals surface area contributed by atoms with Gasteiger partial charge in [-0.1, -0.05) is 35.9 Å². The van der Waals surface area contributed by atoms with Gasteiger partial charge in [-0.2, -0.15) is 0 Å². The summed E-state index contributed by atoms with van der Waals surface area (Å²) >= 11 is 6.84. The van der Waals surface area contributed by atoms with E-state index < -0.39 is 11.1 Å². The molecule has 0 saturated carbocycles. The van der Waals surface area contributed by atoms with Crippen LogP contribution in [-0.2, 0) is 9.59 Å². The first-order chi connectivity index (χ1) is 16.8. The first-order valence-electron chi connectivity index (χ1n) is 10.5. The van der Waals surface area contributed by atoms with Gasteiger partial charge in [0, 0.05) is 10.7 Å². The van der Waals surface area contributed by atoms with Gasteiger partial charge in [-0.15, -0.1) is 0 Å². The van der Waals surface area contributed by atoms with E-state index in [0.717, 1.165) is 22.2 Å². The molecule has 1 aliphatic heterocycles. The predicted octanol–water partition coefficient (Wildman–Crippen LogP) is 5.92. The van der Waals surface area contributed by atoms with Crippen LogP contribution in [0.1, 0.15) is 11.1 Å². The van der Waals surface area contributed by atoms with Crippen molar-refractivity contribution in [3.8, 4) is 11.5 Å². The maximum Gasteiger partial charge on any atom is 0.298 e. The Morgan fingerprint density at radius 1 is 1.06 bits per heavy atom. The molecule has 1 aliphatic rings. The zero-order chi connectivity index (χ0) is 24.9. The number of imide groups is 1. The van der Waals surface area contributed by atoms with E-state index in [-0.39, 0.29) is 17.4 Å². The minimum Gasteiger partial charge on any atom is -0.493 e. The molecule has 7 nitrogen and oxygen atoms in total. The zero-order valence-electron chi connectivity index (χ0n) is 18.9. The molecule has 3 aromatic rings. The highest BCUT2D eigenvalue weighted by Gasteiger charge is 2.36. The number of halogens is 1. The number of benzene rings is 3. The van der Waals surface area contributed by atoms with Crippen molar-refractivity contribution in [3.05, 3.63) is 87.8 Å². The Morgan fingerprint density at radius 3 is 2.60 bits per heavy atom. The molecule has 1 saturated heterocycles. The molecule has 0 spiro atoms. The van der Waals surface area contributed by atoms with E-state index in [9.17, 15) is 14.4 Å². The lowest BCUT2D eigenvalue weighted by atomic mass is 10.2. The van der Waals surface area contributed by atoms with Crippen molar-refractivity contribution in [1.29, 1.82) is 0 Å². The van der Waals surface area contributed by atoms with Crippen LogP contribution in [0, 0.1) is 6.92 Å². The average molecular weight is 509 g/mol. The van der Waals surface area contributed by atoms with E-state index in [4.69, 9.17) is 21.1 Å². The Hall–Kier alpha value is -3.75. The van der Waals surface area contributed by atoms with Crippen molar-refractivity contribution in [1.82, 2.24) is 0 Å². The van der Waals surface area contributed by atoms with Crippen LogP contribution in [0.4, 0.5) is 16.2 Å². The fraction of sp³-hybridized carbons (Fsp3) is 0.115. The van der Waals surface area contributed by atoms with Gasteiger partial charge in [0.25, 0.3) is 17.1 Å². The van der Waals surface area contributed by atoms with E-state index >= 15 is 0 Å². The molecule has 35 heavy (non-hydrogen) atoms. The minimum absolute atomic E-state index is 0.206. The molecule has 1 heterocycles. The first kappa shape index (κ1) is 24.4. The van der Waals surface area contributed by atoms with Crippen LogP contribution in [0.3, 0.4) is 0 Å². The van der Waals surface area contributed by atoms with Crippen molar-refractivity contribution in [2.45, 2.75) is 6.92 Å². The summed E-state index contributed by atoms with van der Waals surface area (Å²) < 4.78 is 11.0. The Bertz CT molecular complexity index is 1340. The summed E-state index contributed by atoms with van der Waals surface area (Å²) in [5, 5.41) is 2.80. The highest BCUT2D eigenvalue weighted by atomic mass is 35.5. The highest BCUT2D eigenvalue weighted by Crippen LogP contribution is 2.37. The summed E-state index contributed by atoms with van der Waals surface area (Å²) in [5.74, 6) is 0.0121. The van der Waals surface area contributed by atoms with Crippen LogP contribution in [0.5, 0.6) is 11.5 Å². The molecular weight excluding hydrogens is 488 g/mol. The van der Waals surface area contributed by atoms with Crippen molar-refractivity contribution < 1.29 is 23.9 Å². The number of ether oxygens (including phenoxy) is 2. The van der Waals surface area contributed by atoms with Crippen molar-refractivity contribution in [2.75, 3.05) is 23.9 Å². The van der Waals surface area contributed by atoms with Gasteiger partial charge in [-0.25, -0.2) is 4.90 Å². The Labute approximate surface area is 211 Å². The summed E-state index contributed by atoms with van der Waals surface area (Å²) in [6.45, 7) is 1.73. The molecule has 1 fully saturated rings. The van der Waals surface area contributed by atoms with Gasteiger partial charge in [0.2, 0.25) is 0 Å². The topological polar surface area (TPSA) is 84.9 Å². The quantitative estimate of drug-likeness (QED) is 0.399. The summed E-state index contributed by atoms with van der Waals surface area (Å²) in [5.41, 5.74) is 2.77. The zero-order valence-corrected chi connectivity index (χ0v) is 20.5. The Morgan fingerprint density at radius 2 is 1.86 bits per heavy atom. The molecule has 0 aliphatic carbocycles. The number of thioether (sulfide) groups is 1. The molecule has 9 heteroatoms. The van der Waals surface area contributed by atoms with E-state index in [2.05, 4.69) is 5.32 Å². The van der Waals surface area contributed by atoms with Crippen LogP contribution in [-0.4, -0.2) is 30.8 Å². The van der Waals surface area contributed by atoms with E-state index in [0.29, 0.717) is 33.5 Å². The van der Waals surface area contributed by atoms with Crippen LogP contribution in [0.2, 0.25) is 5.02 Å². The molecule has 0 radical (unpaired) electrons. The number of nitrogens with zero attached hydrogens (tertiary/aromatic N) is 1. The number of carbonyl (C=O) groups excluding carboxylic acids is 3. The maximum atomic E-state index is 12.9. The average Bonchev–Trinajstić information content (AvgIpc) is 3.10. The Kier molecular flexibility index (Phi) is 7.43. The molecule has 0 atom stereocenters. The van der Waals surface area contributed by atoms with Crippen LogP contribution >= 0.6 is 23.4 Å². The second kappa shape index (κ2) is 10.7. The molecule has 3 amide bonds. The summed E-state index contributed by atoms with van der Waals surface area (Å²) in [6.07, 6.45) is 1.60. The molecule has 0 bridgehead atoms. The third kappa shape index (κ3) is 5.85. The van der Waals surface area contributed by atoms with Crippen molar-refractivity contribution in [2.24, 2.45) is 0 Å². The number of carbonyl (C=O) groups is 3. The largest absolute Gasteiger partial charge is 0.493 e. The molecule has 3 aromatic carbocycles. The fourth-order valence-corrected chi connectivity index (χ4v) is 4.44. The van der Waals surface area contributed by atoms with Gasteiger partial charge in [-0.3, -0.25) is 14.4 Å². The predicted molar refractivity (Wildman–Crippen MR) is 138 cm³/mol. The number of amides is 3. The van der Waals surface area contributed by atoms with Gasteiger partial charge in [0.1, 0.15) is 0 Å². The van der Waals surface area contributed by atoms with Gasteiger partial charge in [0.15, 0.2) is 18.1 Å². The SMILES string of the molecule is COc1cc(/C=C2\SC(=O)N(c3cccc(Cl)c3)C2=O)ccc1OCC(=O)Nc1cccc(C)c1. The van der Waals surface area contributed by atoms with Crippen LogP contribution in [0.15, 0.2) is 71.6 Å². The number of anilines is 2. The standard InChI is InChI=1S/C26H21ClN2O5S/c1-16-5-3-7-19(11-16)28-24(30)15-34-21-10-9-17(12-22(21)33-2)13-23-25(31)29(26(32)35-23)20-8-4-6-18(27)14-20/h3-14H,15H2,1-2H3,(H,28,30)/b23-13-. The summed E-state index contributed by atoms with van der Waals surface area (Å²) in [4.78, 5) is 39.0. The molecule has 178 valence electrons. The van der Waals surface area contributed by atoms with Gasteiger partial charge < -0.3 is 14.8 Å². The second-order valence-corrected chi connectivity index (χ2v) is 9.04. The third-order valence-electron chi connectivity index (χ3n) is 5.01. The molecule has 0 unspecified atom stereocenters. The summed E-state index contributed by atoms with van der Waals surface area (Å²) in [7, 11) is 1.48. The third-order valence-corrected chi connectivity index (χ3v) is 6.11. The smallest absolute Gasteiger partial charge is 0.298 e. The summed E-state index contributed by atoms with van der Waals surface area (Å²) in [6, 6.07) is 19.0. The lowest BCUT2D eigenvalue weighted by Crippen LogP contribution is -2.27. The van der Waals surface area contributed by atoms with Gasteiger partial charge in [-0.05, 0) is 78.4 Å². The second-order valence-electron chi connectivity index (χ2n) is 7.61. The first-order valence-corrected chi connectivity index (χ1v) is 11.7. The van der Waals surface area contributed by atoms with Gasteiger partial charge >= 0.3 is 0 Å². The molecule has 0 aromatic heterocycles. The van der Waals surface area contributed by atoms with Crippen LogP contribution in [0.25, 0.3) is 6.08 Å². The number of hydrogen-bond acceptors (Lipinski definition) is 6. The van der Waals surface area contributed by atoms with Crippen molar-refractivity contribution in [3.63, 3.8) is 0 Å². The Balaban J connectivity index is 1.45. The molecule has 1 N–H and O–H groups in total. The van der Waals surface area contributed by atoms with E-state index in [1.807, 2.05) is 25.1 Å². The monoisotopic (exact) mass is 508 g/mol. The number of rotatable bonds is 7. The normalized spacial score (nSPS) is 14.4. The van der Waals surface area contributed by atoms with Gasteiger partial charge in [0.05, 0.1) is 17.7 Å². The molecule has 4 rings (SSSR count). The fourth-order valence-electron chi connectivity index (χ4n) is 3.41. The lowest BCUT2D eigenvalue weighted by Gasteiger charge is -2.13. The number of aryl methyl sites for hydroxylation is 1. The minimum atomic E-state index is -0.436. The number of nitrogens with one attached hydrogen (secondary N) is 1. The highest BCUT2D eigenvalue weighted by molar-refractivity contribution is 8.19. The van der Waals surface area contributed by atoms with E-state index in [1.54, 1.807) is 54.6 Å². The number of hydrogen-bond donors (Lipinski definition) is 1.